The van der Waals surface area contributed by atoms with Gasteiger partial charge in [-0.3, -0.25) is 4.57 Å². The van der Waals surface area contributed by atoms with Crippen molar-refractivity contribution in [1.29, 1.82) is 0 Å². The summed E-state index contributed by atoms with van der Waals surface area (Å²) < 4.78 is 25.0. The van der Waals surface area contributed by atoms with Crippen molar-refractivity contribution in [3.8, 4) is 0 Å². The molecule has 0 fully saturated rings. The lowest BCUT2D eigenvalue weighted by atomic mass is 10.0. The van der Waals surface area contributed by atoms with E-state index in [9.17, 15) is 9.46 Å². The van der Waals surface area contributed by atoms with Gasteiger partial charge in [-0.1, -0.05) is 102 Å². The number of ether oxygens (including phenoxy) is 1. The molecule has 3 atom stereocenters. The van der Waals surface area contributed by atoms with Crippen molar-refractivity contribution in [2.75, 3.05) is 30.2 Å². The molecule has 2 rings (SSSR count). The molecule has 0 amide bonds. The van der Waals surface area contributed by atoms with Crippen LogP contribution in [0.3, 0.4) is 0 Å². The summed E-state index contributed by atoms with van der Waals surface area (Å²) in [5, 5.41) is 0. The van der Waals surface area contributed by atoms with Gasteiger partial charge in [-0.15, -0.1) is 9.45 Å². The van der Waals surface area contributed by atoms with Crippen LogP contribution in [-0.2, 0) is 41.0 Å². The second-order valence-electron chi connectivity index (χ2n) is 10.3. The first-order valence-electron chi connectivity index (χ1n) is 14.7. The first-order chi connectivity index (χ1) is 18.8. The van der Waals surface area contributed by atoms with E-state index in [4.69, 9.17) is 26.2 Å². The molecule has 3 N–H and O–H groups in total. The second kappa shape index (κ2) is 20.0. The van der Waals surface area contributed by atoms with Crippen LogP contribution in [0.4, 0.5) is 5.82 Å². The first kappa shape index (κ1) is 34.2. The predicted molar refractivity (Wildman–Crippen MR) is 166 cm³/mol. The SMILES string of the molecule is CCCCCCCCCCCCCCCCS(=S)CCOP(=O)(O)CO[C@H](C)Cn1cnc2c(N)ncnc21. The van der Waals surface area contributed by atoms with Crippen LogP contribution < -0.4 is 5.73 Å². The van der Waals surface area contributed by atoms with E-state index in [0.29, 0.717) is 29.3 Å². The van der Waals surface area contributed by atoms with Crippen LogP contribution >= 0.6 is 7.60 Å². The highest BCUT2D eigenvalue weighted by Crippen LogP contribution is 2.41. The van der Waals surface area contributed by atoms with Crippen LogP contribution in [0.1, 0.15) is 104 Å². The fourth-order valence-corrected chi connectivity index (χ4v) is 7.03. The van der Waals surface area contributed by atoms with Crippen molar-refractivity contribution in [3.05, 3.63) is 12.7 Å². The van der Waals surface area contributed by atoms with Crippen LogP contribution in [0.2, 0.25) is 0 Å². The quantitative estimate of drug-likeness (QED) is 0.102. The highest BCUT2D eigenvalue weighted by molar-refractivity contribution is 8.28. The van der Waals surface area contributed by atoms with Crippen LogP contribution in [-0.4, -0.2) is 55.0 Å². The molecule has 9 nitrogen and oxygen atoms in total. The number of anilines is 1. The zero-order valence-corrected chi connectivity index (χ0v) is 26.5. The zero-order valence-electron chi connectivity index (χ0n) is 24.0. The fourth-order valence-electron chi connectivity index (χ4n) is 4.45. The van der Waals surface area contributed by atoms with Gasteiger partial charge in [-0.25, -0.2) is 15.0 Å². The number of hydrogen-bond donors (Lipinski definition) is 2. The van der Waals surface area contributed by atoms with Gasteiger partial charge in [0.25, 0.3) is 0 Å². The van der Waals surface area contributed by atoms with E-state index in [1.165, 1.54) is 89.8 Å². The summed E-state index contributed by atoms with van der Waals surface area (Å²) in [6, 6.07) is 0. The summed E-state index contributed by atoms with van der Waals surface area (Å²) in [5.74, 6) is 1.91. The lowest BCUT2D eigenvalue weighted by Gasteiger charge is -2.17. The van der Waals surface area contributed by atoms with Gasteiger partial charge < -0.3 is 24.5 Å². The van der Waals surface area contributed by atoms with E-state index < -0.39 is 7.60 Å². The number of rotatable bonds is 24. The molecular formula is C27H50N5O4PS2. The van der Waals surface area contributed by atoms with Gasteiger partial charge in [-0.2, -0.15) is 0 Å². The standard InChI is InChI=1S/C27H50N5O4PS2/c1-3-4-5-6-7-8-9-10-11-12-13-14-15-16-18-39(38)19-17-36-37(33,34)23-35-24(2)20-32-22-31-25-26(28)29-21-30-27(25)32/h21-22,24H,3-20,23H2,1-2H3,(H,33,34)(H2,28,29,30)/t24-,39?/m1/s1. The summed E-state index contributed by atoms with van der Waals surface area (Å²) >= 11 is 5.55. The maximum atomic E-state index is 12.4. The van der Waals surface area contributed by atoms with E-state index in [-0.39, 0.29) is 28.5 Å². The average Bonchev–Trinajstić information content (AvgIpc) is 3.31. The van der Waals surface area contributed by atoms with E-state index >= 15 is 0 Å². The highest BCUT2D eigenvalue weighted by Gasteiger charge is 2.22. The molecule has 0 aliphatic heterocycles. The fraction of sp³-hybridized carbons (Fsp3) is 0.815. The van der Waals surface area contributed by atoms with Gasteiger partial charge in [0.15, 0.2) is 11.5 Å². The van der Waals surface area contributed by atoms with Crippen molar-refractivity contribution in [3.63, 3.8) is 0 Å². The van der Waals surface area contributed by atoms with Crippen molar-refractivity contribution < 1.29 is 18.7 Å². The molecule has 2 aromatic heterocycles. The molecule has 0 radical (unpaired) electrons. The summed E-state index contributed by atoms with van der Waals surface area (Å²) in [6.07, 6.45) is 21.0. The number of hydrogen-bond acceptors (Lipinski definition) is 8. The van der Waals surface area contributed by atoms with E-state index in [0.717, 1.165) is 12.2 Å². The van der Waals surface area contributed by atoms with Crippen LogP contribution in [0.15, 0.2) is 12.7 Å². The van der Waals surface area contributed by atoms with Gasteiger partial charge in [-0.05, 0) is 19.1 Å². The number of imidazole rings is 1. The summed E-state index contributed by atoms with van der Waals surface area (Å²) in [5.41, 5.74) is 6.93. The summed E-state index contributed by atoms with van der Waals surface area (Å²) in [4.78, 5) is 22.5. The lowest BCUT2D eigenvalue weighted by molar-refractivity contribution is 0.0724. The summed E-state index contributed by atoms with van der Waals surface area (Å²) in [6.45, 7) is 4.67. The molecule has 2 aromatic rings. The van der Waals surface area contributed by atoms with Gasteiger partial charge in [0.05, 0.1) is 25.6 Å². The monoisotopic (exact) mass is 603 g/mol. The third kappa shape index (κ3) is 15.0. The Morgan fingerprint density at radius 1 is 0.974 bits per heavy atom. The molecule has 2 heterocycles. The minimum Gasteiger partial charge on any atom is -0.382 e. The molecule has 0 saturated heterocycles. The molecule has 0 saturated carbocycles. The third-order valence-electron chi connectivity index (χ3n) is 6.74. The topological polar surface area (TPSA) is 125 Å². The number of nitrogens with two attached hydrogens (primary N) is 1. The van der Waals surface area contributed by atoms with E-state index in [1.807, 2.05) is 6.92 Å². The van der Waals surface area contributed by atoms with Crippen molar-refractivity contribution >= 4 is 45.2 Å². The van der Waals surface area contributed by atoms with Gasteiger partial charge in [0, 0.05) is 5.75 Å². The largest absolute Gasteiger partial charge is 0.382 e. The van der Waals surface area contributed by atoms with Gasteiger partial charge >= 0.3 is 7.60 Å². The first-order valence-corrected chi connectivity index (χ1v) is 18.9. The minimum absolute atomic E-state index is 0.180. The molecule has 0 spiro atoms. The molecule has 0 bridgehead atoms. The van der Waals surface area contributed by atoms with Crippen LogP contribution in [0, 0.1) is 0 Å². The molecule has 2 unspecified atom stereocenters. The molecule has 12 heteroatoms. The van der Waals surface area contributed by atoms with E-state index in [2.05, 4.69) is 21.9 Å². The maximum Gasteiger partial charge on any atom is 0.353 e. The predicted octanol–water partition coefficient (Wildman–Crippen LogP) is 6.53. The third-order valence-corrected chi connectivity index (χ3v) is 10.2. The number of unbranched alkanes of at least 4 members (excludes halogenated alkanes) is 13. The van der Waals surface area contributed by atoms with Gasteiger partial charge in [0.2, 0.25) is 0 Å². The Kier molecular flexibility index (Phi) is 17.6. The lowest BCUT2D eigenvalue weighted by Crippen LogP contribution is -2.18. The van der Waals surface area contributed by atoms with Crippen molar-refractivity contribution in [1.82, 2.24) is 19.5 Å². The van der Waals surface area contributed by atoms with Crippen molar-refractivity contribution in [2.24, 2.45) is 0 Å². The maximum absolute atomic E-state index is 12.4. The van der Waals surface area contributed by atoms with Crippen LogP contribution in [0.5, 0.6) is 0 Å². The Labute approximate surface area is 242 Å². The van der Waals surface area contributed by atoms with Gasteiger partial charge in [0.1, 0.15) is 18.2 Å². The molecule has 224 valence electrons. The normalized spacial score (nSPS) is 14.9. The Morgan fingerprint density at radius 2 is 1.56 bits per heavy atom. The smallest absolute Gasteiger partial charge is 0.353 e. The number of fused-ring (bicyclic) bond motifs is 1. The Bertz CT molecular complexity index is 1010. The molecule has 0 aromatic carbocycles. The summed E-state index contributed by atoms with van der Waals surface area (Å²) in [7, 11) is -4.06. The number of aromatic nitrogens is 4. The highest BCUT2D eigenvalue weighted by atomic mass is 32.8. The molecular weight excluding hydrogens is 553 g/mol. The Hall–Kier alpha value is -0.970. The Morgan fingerprint density at radius 3 is 2.18 bits per heavy atom. The minimum atomic E-state index is -3.84. The van der Waals surface area contributed by atoms with Crippen molar-refractivity contribution in [2.45, 2.75) is 116 Å². The molecule has 0 aliphatic carbocycles. The molecule has 0 aliphatic rings. The van der Waals surface area contributed by atoms with Crippen LogP contribution in [0.25, 0.3) is 11.2 Å². The molecule has 39 heavy (non-hydrogen) atoms. The second-order valence-corrected chi connectivity index (χ2v) is 15.3. The zero-order chi connectivity index (χ0) is 28.3. The average molecular weight is 604 g/mol. The Balaban J connectivity index is 1.45. The number of nitrogen functional groups attached to an aromatic ring is 1. The number of nitrogens with zero attached hydrogens (tertiary/aromatic N) is 4. The van der Waals surface area contributed by atoms with E-state index in [1.54, 1.807) is 10.9 Å².